The summed E-state index contributed by atoms with van der Waals surface area (Å²) in [4.78, 5) is 17.2. The highest BCUT2D eigenvalue weighted by Gasteiger charge is 2.47. The van der Waals surface area contributed by atoms with Gasteiger partial charge in [-0.2, -0.15) is 0 Å². The molecule has 40 heavy (non-hydrogen) atoms. The second-order valence-corrected chi connectivity index (χ2v) is 9.02. The predicted octanol–water partition coefficient (Wildman–Crippen LogP) is 4.83. The van der Waals surface area contributed by atoms with Crippen LogP contribution in [0.2, 0.25) is 0 Å². The van der Waals surface area contributed by atoms with Crippen LogP contribution in [0.1, 0.15) is 31.0 Å². The average molecular weight is 569 g/mol. The number of amides is 1. The first kappa shape index (κ1) is 29.6. The molecule has 1 fully saturated rings. The van der Waals surface area contributed by atoms with Crippen molar-refractivity contribution in [2.24, 2.45) is 4.99 Å². The van der Waals surface area contributed by atoms with E-state index in [1.54, 1.807) is 38.3 Å². The van der Waals surface area contributed by atoms with Gasteiger partial charge in [0.05, 0.1) is 6.10 Å². The number of hydrogen-bond donors (Lipinski definition) is 1. The van der Waals surface area contributed by atoms with Crippen molar-refractivity contribution in [3.8, 4) is 5.75 Å². The van der Waals surface area contributed by atoms with Gasteiger partial charge >= 0.3 is 12.5 Å². The Morgan fingerprint density at radius 1 is 1.02 bits per heavy atom. The van der Waals surface area contributed by atoms with Crippen LogP contribution in [-0.2, 0) is 28.4 Å². The quantitative estimate of drug-likeness (QED) is 0.459. The number of nitrogens with zero attached hydrogens (tertiary/aromatic N) is 1. The van der Waals surface area contributed by atoms with Crippen molar-refractivity contribution in [3.05, 3.63) is 59.7 Å². The fourth-order valence-corrected chi connectivity index (χ4v) is 4.57. The van der Waals surface area contributed by atoms with Crippen molar-refractivity contribution in [2.75, 3.05) is 32.8 Å². The summed E-state index contributed by atoms with van der Waals surface area (Å²) in [5.74, 6) is -0.0200. The summed E-state index contributed by atoms with van der Waals surface area (Å²) in [5, 5.41) is 2.67. The Labute approximate surface area is 229 Å². The normalized spacial score (nSPS) is 26.5. The Morgan fingerprint density at radius 2 is 1.70 bits per heavy atom. The predicted molar refractivity (Wildman–Crippen MR) is 136 cm³/mol. The van der Waals surface area contributed by atoms with E-state index >= 15 is 0 Å². The fraction of sp³-hybridized carbons (Fsp3) is 0.481. The van der Waals surface area contributed by atoms with E-state index in [1.807, 2.05) is 6.92 Å². The van der Waals surface area contributed by atoms with Crippen molar-refractivity contribution in [2.45, 2.75) is 57.0 Å². The molecule has 1 amide bonds. The van der Waals surface area contributed by atoms with E-state index in [-0.39, 0.29) is 18.4 Å². The van der Waals surface area contributed by atoms with Gasteiger partial charge in [0.2, 0.25) is 12.2 Å². The van der Waals surface area contributed by atoms with Gasteiger partial charge in [0.15, 0.2) is 0 Å². The molecule has 0 saturated carbocycles. The second-order valence-electron chi connectivity index (χ2n) is 9.02. The summed E-state index contributed by atoms with van der Waals surface area (Å²) in [6.07, 6.45) is -8.51. The van der Waals surface area contributed by atoms with Gasteiger partial charge in [0.1, 0.15) is 36.7 Å². The number of nitrogens with one attached hydrogen (secondary N) is 1. The van der Waals surface area contributed by atoms with Gasteiger partial charge in [-0.1, -0.05) is 12.1 Å². The molecule has 218 valence electrons. The summed E-state index contributed by atoms with van der Waals surface area (Å²) < 4.78 is 74.9. The number of aliphatic imine (C=N–C) groups is 1. The molecule has 2 aliphatic heterocycles. The maximum absolute atomic E-state index is 12.7. The molecule has 13 heteroatoms. The summed E-state index contributed by atoms with van der Waals surface area (Å²) in [6.45, 7) is 4.33. The number of rotatable bonds is 9. The van der Waals surface area contributed by atoms with E-state index in [0.717, 1.165) is 5.56 Å². The highest BCUT2D eigenvalue weighted by molar-refractivity contribution is 5.95. The molecule has 10 nitrogen and oxygen atoms in total. The maximum atomic E-state index is 12.7. The molecule has 1 unspecified atom stereocenters. The van der Waals surface area contributed by atoms with Gasteiger partial charge in [-0.3, -0.25) is 5.32 Å². The molecular formula is C27H31F3N2O8. The lowest BCUT2D eigenvalue weighted by molar-refractivity contribution is -0.292. The molecule has 0 aromatic heterocycles. The van der Waals surface area contributed by atoms with E-state index in [2.05, 4.69) is 15.0 Å². The SMILES string of the molecule is CCO[C@@H]1[C@@H](OC)[C@H](C)O[C@@H](OC(=O)Nc2ccc(C3COC(c4ccc(OC(F)(F)F)cc4)=N3)cc2)[C@@H]1OC. The van der Waals surface area contributed by atoms with Gasteiger partial charge < -0.3 is 33.2 Å². The van der Waals surface area contributed by atoms with Crippen LogP contribution >= 0.6 is 0 Å². The smallest absolute Gasteiger partial charge is 0.475 e. The van der Waals surface area contributed by atoms with E-state index in [1.165, 1.54) is 31.4 Å². The Balaban J connectivity index is 1.35. The Hall–Kier alpha value is -3.39. The van der Waals surface area contributed by atoms with Crippen LogP contribution < -0.4 is 10.1 Å². The first-order valence-electron chi connectivity index (χ1n) is 12.6. The molecule has 2 aliphatic rings. The molecule has 0 bridgehead atoms. The minimum absolute atomic E-state index is 0.254. The lowest BCUT2D eigenvalue weighted by Crippen LogP contribution is -2.60. The lowest BCUT2D eigenvalue weighted by Gasteiger charge is -2.43. The van der Waals surface area contributed by atoms with E-state index < -0.39 is 43.2 Å². The van der Waals surface area contributed by atoms with Crippen molar-refractivity contribution < 1.29 is 51.1 Å². The lowest BCUT2D eigenvalue weighted by atomic mass is 9.99. The third-order valence-corrected chi connectivity index (χ3v) is 6.38. The molecular weight excluding hydrogens is 537 g/mol. The summed E-state index contributed by atoms with van der Waals surface area (Å²) in [7, 11) is 3.03. The van der Waals surface area contributed by atoms with Crippen LogP contribution in [0.4, 0.5) is 23.7 Å². The van der Waals surface area contributed by atoms with E-state index in [0.29, 0.717) is 23.8 Å². The molecule has 0 spiro atoms. The van der Waals surface area contributed by atoms with Gasteiger partial charge in [0.25, 0.3) is 0 Å². The van der Waals surface area contributed by atoms with Crippen LogP contribution in [0, 0.1) is 0 Å². The van der Waals surface area contributed by atoms with Gasteiger partial charge in [-0.15, -0.1) is 13.2 Å². The van der Waals surface area contributed by atoms with Crippen molar-refractivity contribution in [3.63, 3.8) is 0 Å². The largest absolute Gasteiger partial charge is 0.573 e. The molecule has 4 rings (SSSR count). The minimum Gasteiger partial charge on any atom is -0.475 e. The number of halogens is 3. The number of methoxy groups -OCH3 is 2. The molecule has 6 atom stereocenters. The zero-order valence-corrected chi connectivity index (χ0v) is 22.3. The van der Waals surface area contributed by atoms with Gasteiger partial charge in [-0.05, 0) is 55.8 Å². The highest BCUT2D eigenvalue weighted by Crippen LogP contribution is 2.30. The molecule has 0 aliphatic carbocycles. The summed E-state index contributed by atoms with van der Waals surface area (Å²) in [6, 6.07) is 11.9. The van der Waals surface area contributed by atoms with Crippen LogP contribution in [-0.4, -0.2) is 76.5 Å². The zero-order valence-electron chi connectivity index (χ0n) is 22.3. The molecule has 1 saturated heterocycles. The monoisotopic (exact) mass is 568 g/mol. The molecule has 1 N–H and O–H groups in total. The number of ether oxygens (including phenoxy) is 7. The second kappa shape index (κ2) is 12.9. The summed E-state index contributed by atoms with van der Waals surface area (Å²) in [5.41, 5.74) is 1.82. The van der Waals surface area contributed by atoms with Crippen LogP contribution in [0.15, 0.2) is 53.5 Å². The summed E-state index contributed by atoms with van der Waals surface area (Å²) >= 11 is 0. The Bertz CT molecular complexity index is 1160. The first-order chi connectivity index (χ1) is 19.1. The zero-order chi connectivity index (χ0) is 28.9. The van der Waals surface area contributed by atoms with Crippen molar-refractivity contribution in [1.82, 2.24) is 0 Å². The minimum atomic E-state index is -4.76. The third-order valence-electron chi connectivity index (χ3n) is 6.38. The highest BCUT2D eigenvalue weighted by atomic mass is 19.4. The van der Waals surface area contributed by atoms with Crippen molar-refractivity contribution in [1.29, 1.82) is 0 Å². The molecule has 2 aromatic rings. The third kappa shape index (κ3) is 7.22. The standard InChI is InChI=1S/C27H31F3N2O8/c1-5-36-22-21(34-3)15(2)38-25(23(22)35-4)39-26(33)31-18-10-6-16(7-11-18)20-14-37-24(32-20)17-8-12-19(13-9-17)40-27(28,29)30/h6-13,15,20-23,25H,5,14H2,1-4H3,(H,31,33)/t15-,20?,21-,22+,23+,25-/m0/s1. The molecule has 2 aromatic carbocycles. The number of anilines is 1. The van der Waals surface area contributed by atoms with E-state index in [4.69, 9.17) is 28.4 Å². The molecule has 2 heterocycles. The van der Waals surface area contributed by atoms with Crippen LogP contribution in [0.3, 0.4) is 0 Å². The molecule has 0 radical (unpaired) electrons. The van der Waals surface area contributed by atoms with Crippen LogP contribution in [0.25, 0.3) is 0 Å². The maximum Gasteiger partial charge on any atom is 0.573 e. The van der Waals surface area contributed by atoms with Crippen molar-refractivity contribution >= 4 is 17.7 Å². The Kier molecular flexibility index (Phi) is 9.51. The van der Waals surface area contributed by atoms with Crippen LogP contribution in [0.5, 0.6) is 5.75 Å². The first-order valence-corrected chi connectivity index (χ1v) is 12.6. The van der Waals surface area contributed by atoms with Gasteiger partial charge in [-0.25, -0.2) is 9.79 Å². The number of carbonyl (C=O) groups excluding carboxylic acids is 1. The number of carbonyl (C=O) groups is 1. The number of alkyl halides is 3. The topological polar surface area (TPSA) is 106 Å². The fourth-order valence-electron chi connectivity index (χ4n) is 4.57. The van der Waals surface area contributed by atoms with Gasteiger partial charge in [0, 0.05) is 32.1 Å². The van der Waals surface area contributed by atoms with E-state index in [9.17, 15) is 18.0 Å². The number of hydrogen-bond acceptors (Lipinski definition) is 9. The average Bonchev–Trinajstić information content (AvgIpc) is 3.39. The number of benzene rings is 2. The Morgan fingerprint density at radius 3 is 2.30 bits per heavy atom.